The molecule has 0 aliphatic heterocycles. The molecule has 0 nitrogen and oxygen atoms in total. The van der Waals surface area contributed by atoms with Crippen molar-refractivity contribution >= 4 is 34.8 Å². The summed E-state index contributed by atoms with van der Waals surface area (Å²) in [7, 11) is 0. The van der Waals surface area contributed by atoms with Crippen LogP contribution in [0.5, 0.6) is 0 Å². The molecule has 1 aliphatic rings. The Hall–Kier alpha value is 0.0900. The van der Waals surface area contributed by atoms with Crippen LogP contribution < -0.4 is 0 Å². The standard InChI is InChI=1S/C13H15Cl3/c1-12(9-14,13(16)6-7-13)8-10-4-2-3-5-11(10)15/h2-5H,6-9H2,1H3. The summed E-state index contributed by atoms with van der Waals surface area (Å²) in [5.74, 6) is 0.571. The first-order chi connectivity index (χ1) is 7.51. The van der Waals surface area contributed by atoms with Crippen LogP contribution in [0, 0.1) is 5.41 Å². The van der Waals surface area contributed by atoms with Gasteiger partial charge in [0.05, 0.1) is 4.87 Å². The molecular formula is C13H15Cl3. The summed E-state index contributed by atoms with van der Waals surface area (Å²) in [5.41, 5.74) is 1.07. The molecule has 1 aromatic rings. The van der Waals surface area contributed by atoms with Crippen molar-refractivity contribution in [1.29, 1.82) is 0 Å². The maximum Gasteiger partial charge on any atom is 0.0516 e. The highest BCUT2D eigenvalue weighted by Crippen LogP contribution is 2.57. The van der Waals surface area contributed by atoms with Gasteiger partial charge in [0.2, 0.25) is 0 Å². The average molecular weight is 278 g/mol. The summed E-state index contributed by atoms with van der Waals surface area (Å²) in [6.45, 7) is 2.16. The quantitative estimate of drug-likeness (QED) is 0.687. The third-order valence-corrected chi connectivity index (χ3v) is 5.40. The van der Waals surface area contributed by atoms with Crippen LogP contribution >= 0.6 is 34.8 Å². The van der Waals surface area contributed by atoms with Crippen molar-refractivity contribution in [2.24, 2.45) is 5.41 Å². The van der Waals surface area contributed by atoms with Crippen LogP contribution in [0.4, 0.5) is 0 Å². The van der Waals surface area contributed by atoms with E-state index in [1.165, 1.54) is 0 Å². The first-order valence-electron chi connectivity index (χ1n) is 5.49. The Kier molecular flexibility index (Phi) is 3.45. The van der Waals surface area contributed by atoms with Gasteiger partial charge in [-0.25, -0.2) is 0 Å². The van der Waals surface area contributed by atoms with Crippen LogP contribution in [0.15, 0.2) is 24.3 Å². The van der Waals surface area contributed by atoms with Crippen LogP contribution in [-0.2, 0) is 6.42 Å². The monoisotopic (exact) mass is 276 g/mol. The van der Waals surface area contributed by atoms with Crippen LogP contribution in [0.1, 0.15) is 25.3 Å². The molecule has 16 heavy (non-hydrogen) atoms. The zero-order chi connectivity index (χ0) is 11.8. The summed E-state index contributed by atoms with van der Waals surface area (Å²) in [6.07, 6.45) is 2.96. The van der Waals surface area contributed by atoms with E-state index in [0.717, 1.165) is 29.8 Å². The fraction of sp³-hybridized carbons (Fsp3) is 0.538. The Bertz CT molecular complexity index is 385. The number of halogens is 3. The van der Waals surface area contributed by atoms with Gasteiger partial charge in [-0.15, -0.1) is 23.2 Å². The van der Waals surface area contributed by atoms with Crippen LogP contribution in [0.3, 0.4) is 0 Å². The van der Waals surface area contributed by atoms with Gasteiger partial charge in [0.25, 0.3) is 0 Å². The first-order valence-corrected chi connectivity index (χ1v) is 6.78. The molecule has 0 heterocycles. The highest BCUT2D eigenvalue weighted by atomic mass is 35.5. The van der Waals surface area contributed by atoms with Gasteiger partial charge in [0.1, 0.15) is 0 Å². The molecule has 1 saturated carbocycles. The Balaban J connectivity index is 2.22. The lowest BCUT2D eigenvalue weighted by Gasteiger charge is -2.33. The highest BCUT2D eigenvalue weighted by molar-refractivity contribution is 6.31. The molecule has 1 aliphatic carbocycles. The second-order valence-electron chi connectivity index (χ2n) is 4.93. The molecular weight excluding hydrogens is 263 g/mol. The summed E-state index contributed by atoms with van der Waals surface area (Å²) in [5, 5.41) is 0.805. The predicted octanol–water partition coefficient (Wildman–Crippen LogP) is 4.90. The van der Waals surface area contributed by atoms with Gasteiger partial charge in [-0.05, 0) is 30.9 Å². The summed E-state index contributed by atoms with van der Waals surface area (Å²) < 4.78 is 0. The molecule has 0 radical (unpaired) electrons. The van der Waals surface area contributed by atoms with E-state index >= 15 is 0 Å². The van der Waals surface area contributed by atoms with Crippen LogP contribution in [0.25, 0.3) is 0 Å². The van der Waals surface area contributed by atoms with E-state index < -0.39 is 0 Å². The molecule has 0 N–H and O–H groups in total. The van der Waals surface area contributed by atoms with Crippen molar-refractivity contribution in [2.75, 3.05) is 5.88 Å². The van der Waals surface area contributed by atoms with E-state index in [0.29, 0.717) is 5.88 Å². The average Bonchev–Trinajstić information content (AvgIpc) is 3.01. The van der Waals surface area contributed by atoms with Crippen molar-refractivity contribution in [3.8, 4) is 0 Å². The number of rotatable bonds is 4. The first kappa shape index (κ1) is 12.5. The molecule has 0 spiro atoms. The Morgan fingerprint density at radius 2 is 1.94 bits per heavy atom. The summed E-state index contributed by atoms with van der Waals surface area (Å²) in [4.78, 5) is -0.117. The molecule has 0 aromatic heterocycles. The topological polar surface area (TPSA) is 0 Å². The molecule has 1 unspecified atom stereocenters. The molecule has 0 amide bonds. The fourth-order valence-corrected chi connectivity index (χ4v) is 2.95. The normalized spacial score (nSPS) is 21.5. The SMILES string of the molecule is CC(CCl)(Cc1ccccc1Cl)C1(Cl)CC1. The second-order valence-corrected chi connectivity index (χ2v) is 6.33. The van der Waals surface area contributed by atoms with Crippen LogP contribution in [-0.4, -0.2) is 10.8 Å². The minimum absolute atomic E-state index is 0.0683. The Labute approximate surface area is 112 Å². The van der Waals surface area contributed by atoms with Crippen molar-refractivity contribution in [3.05, 3.63) is 34.9 Å². The van der Waals surface area contributed by atoms with Crippen molar-refractivity contribution in [3.63, 3.8) is 0 Å². The van der Waals surface area contributed by atoms with E-state index in [2.05, 4.69) is 13.0 Å². The summed E-state index contributed by atoms with van der Waals surface area (Å²) >= 11 is 18.8. The number of hydrogen-bond donors (Lipinski definition) is 0. The molecule has 88 valence electrons. The maximum absolute atomic E-state index is 6.53. The Morgan fingerprint density at radius 3 is 2.44 bits per heavy atom. The van der Waals surface area contributed by atoms with Crippen LogP contribution in [0.2, 0.25) is 5.02 Å². The lowest BCUT2D eigenvalue weighted by atomic mass is 9.80. The lowest BCUT2D eigenvalue weighted by Crippen LogP contribution is -2.34. The smallest absolute Gasteiger partial charge is 0.0516 e. The van der Waals surface area contributed by atoms with Crippen molar-refractivity contribution in [2.45, 2.75) is 31.1 Å². The molecule has 1 aromatic carbocycles. The lowest BCUT2D eigenvalue weighted by molar-refractivity contribution is 0.335. The van der Waals surface area contributed by atoms with Gasteiger partial charge in [-0.1, -0.05) is 36.7 Å². The van der Waals surface area contributed by atoms with Crippen molar-refractivity contribution < 1.29 is 0 Å². The zero-order valence-electron chi connectivity index (χ0n) is 9.27. The van der Waals surface area contributed by atoms with Crippen molar-refractivity contribution in [1.82, 2.24) is 0 Å². The third kappa shape index (κ3) is 2.20. The Morgan fingerprint density at radius 1 is 1.31 bits per heavy atom. The minimum Gasteiger partial charge on any atom is -0.126 e. The van der Waals surface area contributed by atoms with Gasteiger partial charge in [0.15, 0.2) is 0 Å². The minimum atomic E-state index is -0.117. The molecule has 3 heteroatoms. The molecule has 2 rings (SSSR count). The van der Waals surface area contributed by atoms with E-state index in [-0.39, 0.29) is 10.3 Å². The van der Waals surface area contributed by atoms with Gasteiger partial charge in [-0.2, -0.15) is 0 Å². The highest BCUT2D eigenvalue weighted by Gasteiger charge is 2.55. The van der Waals surface area contributed by atoms with Gasteiger partial charge in [-0.3, -0.25) is 0 Å². The van der Waals surface area contributed by atoms with Gasteiger partial charge < -0.3 is 0 Å². The molecule has 1 atom stereocenters. The fourth-order valence-electron chi connectivity index (χ4n) is 2.10. The second kappa shape index (κ2) is 4.40. The molecule has 1 fully saturated rings. The summed E-state index contributed by atoms with van der Waals surface area (Å²) in [6, 6.07) is 7.91. The maximum atomic E-state index is 6.53. The molecule has 0 bridgehead atoms. The predicted molar refractivity (Wildman–Crippen MR) is 71.8 cm³/mol. The van der Waals surface area contributed by atoms with E-state index in [1.807, 2.05) is 18.2 Å². The zero-order valence-corrected chi connectivity index (χ0v) is 11.5. The number of benzene rings is 1. The van der Waals surface area contributed by atoms with Gasteiger partial charge in [0, 0.05) is 16.3 Å². The van der Waals surface area contributed by atoms with E-state index in [1.54, 1.807) is 0 Å². The largest absolute Gasteiger partial charge is 0.126 e. The molecule has 0 saturated heterocycles. The van der Waals surface area contributed by atoms with E-state index in [9.17, 15) is 0 Å². The van der Waals surface area contributed by atoms with E-state index in [4.69, 9.17) is 34.8 Å². The van der Waals surface area contributed by atoms with Gasteiger partial charge >= 0.3 is 0 Å². The third-order valence-electron chi connectivity index (χ3n) is 3.60. The number of alkyl halides is 2. The number of hydrogen-bond acceptors (Lipinski definition) is 0.